The molecule has 0 aliphatic rings. The molecule has 6 heteroatoms. The molecule has 0 spiro atoms. The van der Waals surface area contributed by atoms with Crippen molar-refractivity contribution in [3.8, 4) is 11.1 Å². The topological polar surface area (TPSA) is 50.2 Å². The third-order valence-electron chi connectivity index (χ3n) is 2.38. The average molecular weight is 253 g/mol. The van der Waals surface area contributed by atoms with Gasteiger partial charge in [0.25, 0.3) is 0 Å². The van der Waals surface area contributed by atoms with Crippen LogP contribution in [0.15, 0.2) is 30.6 Å². The third-order valence-corrected chi connectivity index (χ3v) is 2.38. The summed E-state index contributed by atoms with van der Waals surface area (Å²) in [6.45, 7) is 0. The number of carboxylic acids is 1. The SMILES string of the molecule is O=C(O)c1ccncc1-c1ccc(F)c(F)c1F. The lowest BCUT2D eigenvalue weighted by Gasteiger charge is -2.07. The number of hydrogen-bond donors (Lipinski definition) is 1. The number of rotatable bonds is 2. The zero-order valence-electron chi connectivity index (χ0n) is 8.82. The van der Waals surface area contributed by atoms with Crippen LogP contribution in [-0.2, 0) is 0 Å². The fourth-order valence-corrected chi connectivity index (χ4v) is 1.53. The Labute approximate surface area is 99.5 Å². The molecule has 0 atom stereocenters. The minimum Gasteiger partial charge on any atom is -0.478 e. The normalized spacial score (nSPS) is 10.4. The van der Waals surface area contributed by atoms with Crippen LogP contribution in [0.4, 0.5) is 13.2 Å². The van der Waals surface area contributed by atoms with Crippen molar-refractivity contribution in [1.29, 1.82) is 0 Å². The Morgan fingerprint density at radius 2 is 1.78 bits per heavy atom. The van der Waals surface area contributed by atoms with E-state index >= 15 is 0 Å². The summed E-state index contributed by atoms with van der Waals surface area (Å²) in [6.07, 6.45) is 2.30. The second kappa shape index (κ2) is 4.48. The molecule has 0 saturated heterocycles. The maximum atomic E-state index is 13.6. The van der Waals surface area contributed by atoms with Crippen molar-refractivity contribution < 1.29 is 23.1 Å². The monoisotopic (exact) mass is 253 g/mol. The first-order valence-corrected chi connectivity index (χ1v) is 4.83. The molecule has 0 unspecified atom stereocenters. The number of halogens is 3. The molecule has 0 aliphatic heterocycles. The van der Waals surface area contributed by atoms with Gasteiger partial charge in [0.1, 0.15) is 0 Å². The fraction of sp³-hybridized carbons (Fsp3) is 0. The minimum atomic E-state index is -1.65. The molecular formula is C12H6F3NO2. The lowest BCUT2D eigenvalue weighted by Crippen LogP contribution is -2.02. The van der Waals surface area contributed by atoms with Crippen LogP contribution in [0.2, 0.25) is 0 Å². The van der Waals surface area contributed by atoms with Crippen LogP contribution in [0.3, 0.4) is 0 Å². The molecule has 18 heavy (non-hydrogen) atoms. The summed E-state index contributed by atoms with van der Waals surface area (Å²) in [6, 6.07) is 2.85. The van der Waals surface area contributed by atoms with Gasteiger partial charge in [-0.25, -0.2) is 18.0 Å². The number of carboxylic acid groups (broad SMARTS) is 1. The van der Waals surface area contributed by atoms with Crippen LogP contribution in [0.1, 0.15) is 10.4 Å². The van der Waals surface area contributed by atoms with Crippen molar-refractivity contribution in [3.63, 3.8) is 0 Å². The lowest BCUT2D eigenvalue weighted by atomic mass is 10.0. The Hall–Kier alpha value is -2.37. The maximum absolute atomic E-state index is 13.6. The highest BCUT2D eigenvalue weighted by Gasteiger charge is 2.19. The molecule has 1 aromatic heterocycles. The summed E-state index contributed by atoms with van der Waals surface area (Å²) in [5.41, 5.74) is -0.698. The van der Waals surface area contributed by atoms with Crippen LogP contribution in [0.5, 0.6) is 0 Å². The number of pyridine rings is 1. The molecule has 0 bridgehead atoms. The molecule has 0 radical (unpaired) electrons. The van der Waals surface area contributed by atoms with Crippen LogP contribution < -0.4 is 0 Å². The maximum Gasteiger partial charge on any atom is 0.336 e. The smallest absolute Gasteiger partial charge is 0.336 e. The second-order valence-electron chi connectivity index (χ2n) is 3.45. The largest absolute Gasteiger partial charge is 0.478 e. The van der Waals surface area contributed by atoms with Crippen molar-refractivity contribution in [3.05, 3.63) is 53.6 Å². The average Bonchev–Trinajstić information content (AvgIpc) is 2.36. The standard InChI is InChI=1S/C12H6F3NO2/c13-9-2-1-6(10(14)11(9)15)8-5-16-4-3-7(8)12(17)18/h1-5H,(H,17,18). The molecule has 2 aromatic rings. The quantitative estimate of drug-likeness (QED) is 0.837. The molecule has 92 valence electrons. The number of aromatic carboxylic acids is 1. The molecule has 1 heterocycles. The van der Waals surface area contributed by atoms with Gasteiger partial charge in [-0.15, -0.1) is 0 Å². The van der Waals surface area contributed by atoms with Crippen molar-refractivity contribution >= 4 is 5.97 Å². The molecule has 3 nitrogen and oxygen atoms in total. The minimum absolute atomic E-state index is 0.110. The van der Waals surface area contributed by atoms with E-state index in [9.17, 15) is 18.0 Å². The predicted molar refractivity (Wildman–Crippen MR) is 56.5 cm³/mol. The van der Waals surface area contributed by atoms with Crippen LogP contribution in [-0.4, -0.2) is 16.1 Å². The highest BCUT2D eigenvalue weighted by molar-refractivity contribution is 5.95. The first kappa shape index (κ1) is 12.1. The van der Waals surface area contributed by atoms with Gasteiger partial charge in [0.05, 0.1) is 5.56 Å². The van der Waals surface area contributed by atoms with E-state index in [1.54, 1.807) is 0 Å². The number of hydrogen-bond acceptors (Lipinski definition) is 2. The summed E-state index contributed by atoms with van der Waals surface area (Å²) >= 11 is 0. The van der Waals surface area contributed by atoms with Crippen molar-refractivity contribution in [1.82, 2.24) is 4.98 Å². The van der Waals surface area contributed by atoms with Gasteiger partial charge in [-0.05, 0) is 18.2 Å². The van der Waals surface area contributed by atoms with Crippen molar-refractivity contribution in [2.45, 2.75) is 0 Å². The number of carbonyl (C=O) groups is 1. The molecule has 0 amide bonds. The van der Waals surface area contributed by atoms with Gasteiger partial charge in [0.15, 0.2) is 17.5 Å². The molecule has 1 N–H and O–H groups in total. The first-order chi connectivity index (χ1) is 8.52. The van der Waals surface area contributed by atoms with Gasteiger partial charge in [-0.1, -0.05) is 0 Å². The summed E-state index contributed by atoms with van der Waals surface area (Å²) in [4.78, 5) is 14.6. The fourth-order valence-electron chi connectivity index (χ4n) is 1.53. The zero-order chi connectivity index (χ0) is 13.3. The first-order valence-electron chi connectivity index (χ1n) is 4.83. The Kier molecular flexibility index (Phi) is 3.01. The van der Waals surface area contributed by atoms with Crippen LogP contribution in [0, 0.1) is 17.5 Å². The van der Waals surface area contributed by atoms with E-state index in [1.165, 1.54) is 6.20 Å². The molecule has 1 aromatic carbocycles. The van der Waals surface area contributed by atoms with Gasteiger partial charge in [-0.3, -0.25) is 4.98 Å². The van der Waals surface area contributed by atoms with Gasteiger partial charge in [0, 0.05) is 23.5 Å². The number of benzene rings is 1. The van der Waals surface area contributed by atoms with E-state index in [2.05, 4.69) is 4.98 Å². The third kappa shape index (κ3) is 1.92. The number of nitrogens with zero attached hydrogens (tertiary/aromatic N) is 1. The van der Waals surface area contributed by atoms with E-state index in [0.29, 0.717) is 0 Å². The highest BCUT2D eigenvalue weighted by Crippen LogP contribution is 2.28. The van der Waals surface area contributed by atoms with Gasteiger partial charge in [-0.2, -0.15) is 0 Å². The summed E-state index contributed by atoms with van der Waals surface area (Å²) in [7, 11) is 0. The molecule has 0 aliphatic carbocycles. The van der Waals surface area contributed by atoms with Crippen LogP contribution >= 0.6 is 0 Å². The molecule has 2 rings (SSSR count). The van der Waals surface area contributed by atoms with E-state index in [-0.39, 0.29) is 16.7 Å². The Morgan fingerprint density at radius 1 is 1.06 bits per heavy atom. The Bertz CT molecular complexity index is 629. The lowest BCUT2D eigenvalue weighted by molar-refractivity contribution is 0.0697. The number of aromatic nitrogens is 1. The van der Waals surface area contributed by atoms with Gasteiger partial charge >= 0.3 is 5.97 Å². The second-order valence-corrected chi connectivity index (χ2v) is 3.45. The van der Waals surface area contributed by atoms with Crippen LogP contribution in [0.25, 0.3) is 11.1 Å². The van der Waals surface area contributed by atoms with Crippen molar-refractivity contribution in [2.24, 2.45) is 0 Å². The summed E-state index contributed by atoms with van der Waals surface area (Å²) in [5, 5.41) is 8.92. The molecule has 0 saturated carbocycles. The van der Waals surface area contributed by atoms with Crippen molar-refractivity contribution in [2.75, 3.05) is 0 Å². The van der Waals surface area contributed by atoms with Gasteiger partial charge in [0.2, 0.25) is 0 Å². The Morgan fingerprint density at radius 3 is 2.44 bits per heavy atom. The van der Waals surface area contributed by atoms with E-state index < -0.39 is 23.4 Å². The summed E-state index contributed by atoms with van der Waals surface area (Å²) in [5.74, 6) is -5.73. The van der Waals surface area contributed by atoms with E-state index in [0.717, 1.165) is 24.4 Å². The summed E-state index contributed by atoms with van der Waals surface area (Å²) < 4.78 is 39.4. The molecular weight excluding hydrogens is 247 g/mol. The predicted octanol–water partition coefficient (Wildman–Crippen LogP) is 2.86. The van der Waals surface area contributed by atoms with E-state index in [1.807, 2.05) is 0 Å². The molecule has 0 fully saturated rings. The zero-order valence-corrected chi connectivity index (χ0v) is 8.82. The van der Waals surface area contributed by atoms with Gasteiger partial charge < -0.3 is 5.11 Å². The highest BCUT2D eigenvalue weighted by atomic mass is 19.2. The Balaban J connectivity index is 2.70. The van der Waals surface area contributed by atoms with E-state index in [4.69, 9.17) is 5.11 Å².